The largest absolute Gasteiger partial charge is 0.313 e. The van der Waals surface area contributed by atoms with E-state index in [2.05, 4.69) is 38.2 Å². The molecular weight excluding hydrogens is 198 g/mol. The molecule has 88 valence electrons. The van der Waals surface area contributed by atoms with E-state index >= 15 is 0 Å². The van der Waals surface area contributed by atoms with Crippen molar-refractivity contribution in [1.29, 1.82) is 0 Å². The van der Waals surface area contributed by atoms with Gasteiger partial charge in [-0.1, -0.05) is 12.1 Å². The van der Waals surface area contributed by atoms with Gasteiger partial charge in [-0.3, -0.25) is 4.79 Å². The van der Waals surface area contributed by atoms with Crippen LogP contribution in [0.2, 0.25) is 0 Å². The van der Waals surface area contributed by atoms with Crippen molar-refractivity contribution >= 4 is 5.78 Å². The fourth-order valence-electron chi connectivity index (χ4n) is 2.01. The molecule has 2 heteroatoms. The molecule has 0 saturated heterocycles. The van der Waals surface area contributed by atoms with Crippen LogP contribution in [-0.2, 0) is 4.79 Å². The zero-order valence-electron chi connectivity index (χ0n) is 10.8. The second kappa shape index (κ2) is 5.26. The van der Waals surface area contributed by atoms with Gasteiger partial charge >= 0.3 is 0 Å². The normalized spacial score (nSPS) is 12.6. The minimum Gasteiger partial charge on any atom is -0.313 e. The van der Waals surface area contributed by atoms with Crippen molar-refractivity contribution in [3.05, 3.63) is 34.4 Å². The van der Waals surface area contributed by atoms with Crippen LogP contribution in [0.25, 0.3) is 0 Å². The summed E-state index contributed by atoms with van der Waals surface area (Å²) in [5, 5.41) is 3.22. The molecule has 0 saturated carbocycles. The van der Waals surface area contributed by atoms with Crippen LogP contribution in [0.4, 0.5) is 0 Å². The summed E-state index contributed by atoms with van der Waals surface area (Å²) in [5.41, 5.74) is 5.15. The molecule has 1 aromatic rings. The van der Waals surface area contributed by atoms with Gasteiger partial charge in [0, 0.05) is 12.5 Å². The Labute approximate surface area is 98.1 Å². The van der Waals surface area contributed by atoms with Gasteiger partial charge in [-0.2, -0.15) is 0 Å². The number of carbonyl (C=O) groups excluding carboxylic acids is 1. The molecule has 0 aliphatic rings. The lowest BCUT2D eigenvalue weighted by molar-refractivity contribution is -0.117. The van der Waals surface area contributed by atoms with Gasteiger partial charge in [0.2, 0.25) is 0 Å². The first-order valence-corrected chi connectivity index (χ1v) is 5.70. The topological polar surface area (TPSA) is 29.1 Å². The van der Waals surface area contributed by atoms with Crippen LogP contribution in [-0.4, -0.2) is 12.8 Å². The van der Waals surface area contributed by atoms with Gasteiger partial charge in [0.1, 0.15) is 5.78 Å². The molecule has 0 radical (unpaired) electrons. The molecule has 16 heavy (non-hydrogen) atoms. The summed E-state index contributed by atoms with van der Waals surface area (Å²) in [6.45, 7) is 8.02. The maximum Gasteiger partial charge on any atom is 0.131 e. The fourth-order valence-corrected chi connectivity index (χ4v) is 2.01. The predicted molar refractivity (Wildman–Crippen MR) is 67.8 cm³/mol. The first-order chi connectivity index (χ1) is 7.47. The Bertz CT molecular complexity index is 396. The Kier molecular flexibility index (Phi) is 4.25. The van der Waals surface area contributed by atoms with Gasteiger partial charge in [-0.25, -0.2) is 0 Å². The number of hydrogen-bond donors (Lipinski definition) is 1. The zero-order valence-corrected chi connectivity index (χ0v) is 10.8. The van der Waals surface area contributed by atoms with Crippen LogP contribution in [0, 0.1) is 20.8 Å². The average Bonchev–Trinajstić information content (AvgIpc) is 2.23. The van der Waals surface area contributed by atoms with E-state index in [1.54, 1.807) is 6.92 Å². The third kappa shape index (κ3) is 2.70. The maximum atomic E-state index is 11.2. The second-order valence-electron chi connectivity index (χ2n) is 4.47. The number of nitrogens with one attached hydrogen (secondary N) is 1. The Morgan fingerprint density at radius 3 is 2.38 bits per heavy atom. The lowest BCUT2D eigenvalue weighted by Crippen LogP contribution is -2.20. The van der Waals surface area contributed by atoms with Crippen molar-refractivity contribution in [2.24, 2.45) is 0 Å². The number of carbonyl (C=O) groups is 1. The molecule has 1 aromatic carbocycles. The van der Waals surface area contributed by atoms with Crippen LogP contribution in [0.15, 0.2) is 12.1 Å². The van der Waals surface area contributed by atoms with E-state index < -0.39 is 0 Å². The zero-order chi connectivity index (χ0) is 12.3. The van der Waals surface area contributed by atoms with E-state index in [-0.39, 0.29) is 11.8 Å². The Balaban J connectivity index is 3.11. The second-order valence-corrected chi connectivity index (χ2v) is 4.47. The van der Waals surface area contributed by atoms with Crippen LogP contribution in [0.5, 0.6) is 0 Å². The smallest absolute Gasteiger partial charge is 0.131 e. The van der Waals surface area contributed by atoms with Crippen molar-refractivity contribution in [3.63, 3.8) is 0 Å². The number of rotatable bonds is 4. The third-order valence-corrected chi connectivity index (χ3v) is 3.32. The number of benzene rings is 1. The maximum absolute atomic E-state index is 11.2. The Hall–Kier alpha value is -1.15. The van der Waals surface area contributed by atoms with Gasteiger partial charge in [0.25, 0.3) is 0 Å². The quantitative estimate of drug-likeness (QED) is 0.843. The van der Waals surface area contributed by atoms with Crippen molar-refractivity contribution < 1.29 is 4.79 Å². The highest BCUT2D eigenvalue weighted by molar-refractivity contribution is 5.76. The van der Waals surface area contributed by atoms with E-state index in [1.165, 1.54) is 22.3 Å². The summed E-state index contributed by atoms with van der Waals surface area (Å²) in [6.07, 6.45) is 0.555. The molecule has 0 amide bonds. The highest BCUT2D eigenvalue weighted by atomic mass is 16.1. The minimum atomic E-state index is 0.136. The first-order valence-electron chi connectivity index (χ1n) is 5.70. The molecule has 0 spiro atoms. The number of Topliss-reactive ketones (excluding diaryl/α,β-unsaturated/α-hetero) is 1. The van der Waals surface area contributed by atoms with Crippen molar-refractivity contribution in [3.8, 4) is 0 Å². The summed E-state index contributed by atoms with van der Waals surface area (Å²) in [4.78, 5) is 11.2. The summed E-state index contributed by atoms with van der Waals surface area (Å²) in [5.74, 6) is 0.219. The van der Waals surface area contributed by atoms with Crippen molar-refractivity contribution in [2.45, 2.75) is 40.2 Å². The highest BCUT2D eigenvalue weighted by Gasteiger charge is 2.15. The first kappa shape index (κ1) is 12.9. The van der Waals surface area contributed by atoms with E-state index in [1.807, 2.05) is 7.05 Å². The molecule has 1 N–H and O–H groups in total. The van der Waals surface area contributed by atoms with Gasteiger partial charge in [0.05, 0.1) is 0 Å². The highest BCUT2D eigenvalue weighted by Crippen LogP contribution is 2.25. The summed E-state index contributed by atoms with van der Waals surface area (Å²) in [7, 11) is 1.90. The van der Waals surface area contributed by atoms with Gasteiger partial charge in [0.15, 0.2) is 0 Å². The summed E-state index contributed by atoms with van der Waals surface area (Å²) in [6, 6.07) is 4.39. The summed E-state index contributed by atoms with van der Waals surface area (Å²) >= 11 is 0. The number of ketones is 1. The van der Waals surface area contributed by atoms with Gasteiger partial charge in [-0.05, 0) is 57.0 Å². The van der Waals surface area contributed by atoms with E-state index in [4.69, 9.17) is 0 Å². The van der Waals surface area contributed by atoms with Crippen LogP contribution in [0.3, 0.4) is 0 Å². The predicted octanol–water partition coefficient (Wildman–Crippen LogP) is 2.85. The monoisotopic (exact) mass is 219 g/mol. The lowest BCUT2D eigenvalue weighted by atomic mass is 9.92. The molecule has 0 heterocycles. The van der Waals surface area contributed by atoms with Crippen LogP contribution < -0.4 is 5.32 Å². The Morgan fingerprint density at radius 1 is 1.25 bits per heavy atom. The van der Waals surface area contributed by atoms with E-state index in [9.17, 15) is 4.79 Å². The summed E-state index contributed by atoms with van der Waals surface area (Å²) < 4.78 is 0. The van der Waals surface area contributed by atoms with Crippen molar-refractivity contribution in [2.75, 3.05) is 7.05 Å². The molecule has 1 unspecified atom stereocenters. The third-order valence-electron chi connectivity index (χ3n) is 3.32. The molecule has 1 rings (SSSR count). The van der Waals surface area contributed by atoms with Crippen LogP contribution >= 0.6 is 0 Å². The van der Waals surface area contributed by atoms with Gasteiger partial charge < -0.3 is 5.32 Å². The molecule has 0 fully saturated rings. The lowest BCUT2D eigenvalue weighted by Gasteiger charge is -2.19. The molecule has 0 bridgehead atoms. The van der Waals surface area contributed by atoms with Crippen molar-refractivity contribution in [1.82, 2.24) is 5.32 Å². The molecule has 1 atom stereocenters. The Morgan fingerprint density at radius 2 is 1.88 bits per heavy atom. The molecule has 0 aliphatic heterocycles. The van der Waals surface area contributed by atoms with E-state index in [0.29, 0.717) is 6.42 Å². The molecule has 0 aromatic heterocycles. The number of aryl methyl sites for hydroxylation is 1. The average molecular weight is 219 g/mol. The van der Waals surface area contributed by atoms with Gasteiger partial charge in [-0.15, -0.1) is 0 Å². The van der Waals surface area contributed by atoms with E-state index in [0.717, 1.165) is 0 Å². The fraction of sp³-hybridized carbons (Fsp3) is 0.500. The SMILES string of the molecule is CNC(CC(C)=O)c1ccc(C)c(C)c1C. The number of hydrogen-bond acceptors (Lipinski definition) is 2. The molecule has 2 nitrogen and oxygen atoms in total. The molecule has 0 aliphatic carbocycles. The minimum absolute atomic E-state index is 0.136. The molecular formula is C14H21NO. The standard InChI is InChI=1S/C14H21NO/c1-9-6-7-13(12(4)11(9)3)14(15-5)8-10(2)16/h6-7,14-15H,8H2,1-5H3. The van der Waals surface area contributed by atoms with Crippen LogP contribution in [0.1, 0.15) is 41.6 Å².